The summed E-state index contributed by atoms with van der Waals surface area (Å²) in [4.78, 5) is 0. The zero-order valence-corrected chi connectivity index (χ0v) is 8.58. The van der Waals surface area contributed by atoms with Gasteiger partial charge in [0, 0.05) is 6.04 Å². The van der Waals surface area contributed by atoms with Crippen LogP contribution in [0.5, 0.6) is 0 Å². The number of nitrogens with one attached hydrogen (secondary N) is 1. The molecule has 1 heterocycles. The summed E-state index contributed by atoms with van der Waals surface area (Å²) < 4.78 is 10.9. The average molecular weight is 197 g/mol. The Balaban J connectivity index is 1.76. The first-order chi connectivity index (χ1) is 6.95. The molecule has 2 rings (SSSR count). The van der Waals surface area contributed by atoms with Crippen molar-refractivity contribution in [2.24, 2.45) is 0 Å². The van der Waals surface area contributed by atoms with E-state index in [9.17, 15) is 0 Å². The highest BCUT2D eigenvalue weighted by Crippen LogP contribution is 2.11. The van der Waals surface area contributed by atoms with E-state index < -0.39 is 0 Å². The highest BCUT2D eigenvalue weighted by Gasteiger charge is 2.16. The second-order valence-corrected chi connectivity index (χ2v) is 3.98. The van der Waals surface area contributed by atoms with Crippen LogP contribution in [0.15, 0.2) is 12.2 Å². The fourth-order valence-electron chi connectivity index (χ4n) is 1.97. The van der Waals surface area contributed by atoms with E-state index in [1.54, 1.807) is 0 Å². The van der Waals surface area contributed by atoms with Crippen LogP contribution in [0.25, 0.3) is 0 Å². The highest BCUT2D eigenvalue weighted by atomic mass is 16.5. The van der Waals surface area contributed by atoms with E-state index in [1.807, 2.05) is 0 Å². The maximum atomic E-state index is 5.44. The van der Waals surface area contributed by atoms with Gasteiger partial charge in [0.05, 0.1) is 32.5 Å². The number of allylic oxidation sites excluding steroid dienone is 1. The van der Waals surface area contributed by atoms with Crippen LogP contribution in [0.2, 0.25) is 0 Å². The molecular weight excluding hydrogens is 178 g/mol. The van der Waals surface area contributed by atoms with Crippen molar-refractivity contribution in [1.29, 1.82) is 0 Å². The molecule has 1 aliphatic heterocycles. The lowest BCUT2D eigenvalue weighted by Crippen LogP contribution is -2.42. The monoisotopic (exact) mass is 197 g/mol. The molecular formula is C11H19NO2. The third-order valence-corrected chi connectivity index (χ3v) is 2.71. The van der Waals surface area contributed by atoms with Gasteiger partial charge in [-0.05, 0) is 19.3 Å². The first kappa shape index (κ1) is 10.1. The van der Waals surface area contributed by atoms with E-state index >= 15 is 0 Å². The van der Waals surface area contributed by atoms with E-state index in [1.165, 1.54) is 19.3 Å². The summed E-state index contributed by atoms with van der Waals surface area (Å²) in [5.41, 5.74) is 0. The van der Waals surface area contributed by atoms with Gasteiger partial charge in [-0.3, -0.25) is 0 Å². The lowest BCUT2D eigenvalue weighted by Gasteiger charge is -2.23. The maximum absolute atomic E-state index is 5.44. The zero-order chi connectivity index (χ0) is 9.64. The molecule has 1 saturated heterocycles. The van der Waals surface area contributed by atoms with E-state index in [0.29, 0.717) is 12.1 Å². The third kappa shape index (κ3) is 3.08. The Labute approximate surface area is 85.5 Å². The van der Waals surface area contributed by atoms with Crippen molar-refractivity contribution >= 4 is 0 Å². The topological polar surface area (TPSA) is 30.5 Å². The first-order valence-corrected chi connectivity index (χ1v) is 5.53. The van der Waals surface area contributed by atoms with Gasteiger partial charge in [-0.15, -0.1) is 0 Å². The Morgan fingerprint density at radius 1 is 1.14 bits per heavy atom. The maximum Gasteiger partial charge on any atom is 0.0701 e. The minimum atomic E-state index is 0.366. The predicted molar refractivity (Wildman–Crippen MR) is 55.3 cm³/mol. The normalized spacial score (nSPS) is 30.1. The molecule has 1 fully saturated rings. The molecule has 1 aliphatic carbocycles. The molecule has 3 nitrogen and oxygen atoms in total. The fourth-order valence-corrected chi connectivity index (χ4v) is 1.97. The lowest BCUT2D eigenvalue weighted by atomic mass is 10.0. The van der Waals surface area contributed by atoms with Crippen LogP contribution >= 0.6 is 0 Å². The van der Waals surface area contributed by atoms with Crippen LogP contribution in [0, 0.1) is 0 Å². The van der Waals surface area contributed by atoms with Crippen molar-refractivity contribution < 1.29 is 9.47 Å². The van der Waals surface area contributed by atoms with Crippen LogP contribution in [0.3, 0.4) is 0 Å². The quantitative estimate of drug-likeness (QED) is 0.672. The van der Waals surface area contributed by atoms with Crippen LogP contribution in [0.1, 0.15) is 19.3 Å². The lowest BCUT2D eigenvalue weighted by molar-refractivity contribution is 0.103. The molecule has 0 amide bonds. The van der Waals surface area contributed by atoms with Crippen LogP contribution in [-0.2, 0) is 9.47 Å². The van der Waals surface area contributed by atoms with Gasteiger partial charge in [-0.25, -0.2) is 0 Å². The first-order valence-electron chi connectivity index (χ1n) is 5.53. The molecule has 0 aromatic rings. The Bertz CT molecular complexity index is 186. The van der Waals surface area contributed by atoms with Gasteiger partial charge >= 0.3 is 0 Å². The number of hydrogen-bond acceptors (Lipinski definition) is 3. The summed E-state index contributed by atoms with van der Waals surface area (Å²) >= 11 is 0. The second kappa shape index (κ2) is 5.49. The van der Waals surface area contributed by atoms with Gasteiger partial charge in [0.25, 0.3) is 0 Å². The van der Waals surface area contributed by atoms with Crippen molar-refractivity contribution in [2.75, 3.05) is 26.4 Å². The average Bonchev–Trinajstić information content (AvgIpc) is 2.48. The van der Waals surface area contributed by atoms with E-state index in [4.69, 9.17) is 9.47 Å². The van der Waals surface area contributed by atoms with Crippen molar-refractivity contribution in [2.45, 2.75) is 31.3 Å². The van der Waals surface area contributed by atoms with Gasteiger partial charge in [0.15, 0.2) is 0 Å². The van der Waals surface area contributed by atoms with Crippen LogP contribution in [0.4, 0.5) is 0 Å². The number of hydrogen-bond donors (Lipinski definition) is 1. The van der Waals surface area contributed by atoms with Gasteiger partial charge in [-0.2, -0.15) is 0 Å². The van der Waals surface area contributed by atoms with Crippen LogP contribution in [-0.4, -0.2) is 38.5 Å². The third-order valence-electron chi connectivity index (χ3n) is 2.71. The Hall–Kier alpha value is -0.380. The highest BCUT2D eigenvalue weighted by molar-refractivity contribution is 4.98. The van der Waals surface area contributed by atoms with E-state index in [2.05, 4.69) is 17.5 Å². The summed E-state index contributed by atoms with van der Waals surface area (Å²) in [5.74, 6) is 0. The van der Waals surface area contributed by atoms with E-state index in [-0.39, 0.29) is 0 Å². The van der Waals surface area contributed by atoms with Crippen molar-refractivity contribution in [3.8, 4) is 0 Å². The molecule has 14 heavy (non-hydrogen) atoms. The summed E-state index contributed by atoms with van der Waals surface area (Å²) in [7, 11) is 0. The van der Waals surface area contributed by atoms with Crippen LogP contribution < -0.4 is 5.32 Å². The van der Waals surface area contributed by atoms with Crippen molar-refractivity contribution in [3.63, 3.8) is 0 Å². The predicted octanol–water partition coefficient (Wildman–Crippen LogP) is 1.10. The zero-order valence-electron chi connectivity index (χ0n) is 8.58. The minimum Gasteiger partial charge on any atom is -0.377 e. The summed E-state index contributed by atoms with van der Waals surface area (Å²) in [6, 6.07) is 0.893. The molecule has 0 spiro atoms. The minimum absolute atomic E-state index is 0.366. The summed E-state index contributed by atoms with van der Waals surface area (Å²) in [6.07, 6.45) is 8.30. The van der Waals surface area contributed by atoms with Gasteiger partial charge in [0.1, 0.15) is 0 Å². The molecule has 0 saturated carbocycles. The largest absolute Gasteiger partial charge is 0.377 e. The standard InChI is InChI=1S/C11H19NO2/c1-2-4-10(5-3-1)12-11-8-13-6-7-14-9-11/h2,4,10-12H,1,3,5-9H2. The molecule has 0 aromatic heterocycles. The number of ether oxygens (including phenoxy) is 2. The Kier molecular flexibility index (Phi) is 3.98. The van der Waals surface area contributed by atoms with Crippen molar-refractivity contribution in [1.82, 2.24) is 5.32 Å². The SMILES string of the molecule is C1=CC(NC2COCCOC2)CCC1. The molecule has 0 radical (unpaired) electrons. The molecule has 80 valence electrons. The molecule has 0 bridgehead atoms. The van der Waals surface area contributed by atoms with Gasteiger partial charge < -0.3 is 14.8 Å². The van der Waals surface area contributed by atoms with Gasteiger partial charge in [-0.1, -0.05) is 12.2 Å². The number of rotatable bonds is 2. The smallest absolute Gasteiger partial charge is 0.0701 e. The van der Waals surface area contributed by atoms with Gasteiger partial charge in [0.2, 0.25) is 0 Å². The summed E-state index contributed by atoms with van der Waals surface area (Å²) in [6.45, 7) is 3.03. The molecule has 2 aliphatic rings. The molecule has 3 heteroatoms. The summed E-state index contributed by atoms with van der Waals surface area (Å²) in [5, 5.41) is 3.56. The second-order valence-electron chi connectivity index (χ2n) is 3.98. The molecule has 0 aromatic carbocycles. The molecule has 1 unspecified atom stereocenters. The molecule has 1 atom stereocenters. The molecule has 1 N–H and O–H groups in total. The van der Waals surface area contributed by atoms with E-state index in [0.717, 1.165) is 26.4 Å². The fraction of sp³-hybridized carbons (Fsp3) is 0.818. The Morgan fingerprint density at radius 2 is 1.93 bits per heavy atom. The van der Waals surface area contributed by atoms with Crippen molar-refractivity contribution in [3.05, 3.63) is 12.2 Å². The Morgan fingerprint density at radius 3 is 2.57 bits per heavy atom.